The molecule has 0 aromatic heterocycles. The average molecular weight is 249 g/mol. The van der Waals surface area contributed by atoms with E-state index in [1.165, 1.54) is 0 Å². The zero-order chi connectivity index (χ0) is 13.1. The summed E-state index contributed by atoms with van der Waals surface area (Å²) in [6.45, 7) is 2.85. The number of rotatable bonds is 4. The summed E-state index contributed by atoms with van der Waals surface area (Å²) in [4.78, 5) is 22.5. The molecule has 0 bridgehead atoms. The minimum Gasteiger partial charge on any atom is -0.494 e. The van der Waals surface area contributed by atoms with Crippen molar-refractivity contribution in [3.8, 4) is 5.75 Å². The van der Waals surface area contributed by atoms with Gasteiger partial charge in [0.25, 0.3) is 0 Å². The number of carbonyl (C=O) groups is 2. The highest BCUT2D eigenvalue weighted by molar-refractivity contribution is 5.99. The molecule has 2 N–H and O–H groups in total. The molecule has 1 amide bonds. The molecule has 5 nitrogen and oxygen atoms in total. The Labute approximate surface area is 105 Å². The van der Waals surface area contributed by atoms with Crippen LogP contribution in [0.4, 0.5) is 0 Å². The van der Waals surface area contributed by atoms with Crippen molar-refractivity contribution in [2.75, 3.05) is 13.2 Å². The molecule has 1 aliphatic rings. The third-order valence-corrected chi connectivity index (χ3v) is 3.07. The summed E-state index contributed by atoms with van der Waals surface area (Å²) in [5, 5.41) is 11.7. The maximum Gasteiger partial charge on any atom is 0.316 e. The molecule has 1 aromatic carbocycles. The van der Waals surface area contributed by atoms with E-state index in [9.17, 15) is 9.59 Å². The summed E-state index contributed by atoms with van der Waals surface area (Å²) < 4.78 is 5.32. The molecule has 1 heterocycles. The quantitative estimate of drug-likeness (QED) is 0.780. The predicted molar refractivity (Wildman–Crippen MR) is 64.5 cm³/mol. The lowest BCUT2D eigenvalue weighted by atomic mass is 9.88. The monoisotopic (exact) mass is 249 g/mol. The molecule has 1 aromatic rings. The minimum atomic E-state index is -1.08. The Morgan fingerprint density at radius 2 is 2.11 bits per heavy atom. The van der Waals surface area contributed by atoms with Gasteiger partial charge in [-0.2, -0.15) is 0 Å². The number of carboxylic acid groups (broad SMARTS) is 1. The van der Waals surface area contributed by atoms with Crippen LogP contribution in [0.1, 0.15) is 18.4 Å². The largest absolute Gasteiger partial charge is 0.494 e. The first-order chi connectivity index (χ1) is 8.63. The van der Waals surface area contributed by atoms with Gasteiger partial charge in [0.15, 0.2) is 0 Å². The van der Waals surface area contributed by atoms with Gasteiger partial charge in [0.05, 0.1) is 6.61 Å². The lowest BCUT2D eigenvalue weighted by molar-refractivity contribution is -0.145. The molecular weight excluding hydrogens is 234 g/mol. The number of hydrogen-bond donors (Lipinski definition) is 2. The molecule has 0 unspecified atom stereocenters. The van der Waals surface area contributed by atoms with Gasteiger partial charge in [-0.1, -0.05) is 12.1 Å². The van der Waals surface area contributed by atoms with Crippen LogP contribution in [0.5, 0.6) is 5.75 Å². The fourth-order valence-corrected chi connectivity index (χ4v) is 2.19. The molecule has 1 aliphatic heterocycles. The normalized spacial score (nSPS) is 22.6. The summed E-state index contributed by atoms with van der Waals surface area (Å²) >= 11 is 0. The zero-order valence-electron chi connectivity index (χ0n) is 10.1. The maximum absolute atomic E-state index is 11.5. The highest BCUT2D eigenvalue weighted by Crippen LogP contribution is 2.30. The topological polar surface area (TPSA) is 75.6 Å². The lowest BCUT2D eigenvalue weighted by Gasteiger charge is -2.13. The zero-order valence-corrected chi connectivity index (χ0v) is 10.1. The van der Waals surface area contributed by atoms with Gasteiger partial charge in [0.1, 0.15) is 11.7 Å². The number of nitrogens with one attached hydrogen (secondary N) is 1. The molecule has 5 heteroatoms. The van der Waals surface area contributed by atoms with E-state index in [1.54, 1.807) is 12.1 Å². The van der Waals surface area contributed by atoms with Crippen LogP contribution in [0.25, 0.3) is 0 Å². The van der Waals surface area contributed by atoms with Crippen molar-refractivity contribution in [1.29, 1.82) is 0 Å². The van der Waals surface area contributed by atoms with Gasteiger partial charge in [0.2, 0.25) is 5.91 Å². The van der Waals surface area contributed by atoms with E-state index in [2.05, 4.69) is 5.32 Å². The Morgan fingerprint density at radius 1 is 1.44 bits per heavy atom. The van der Waals surface area contributed by atoms with Crippen molar-refractivity contribution in [1.82, 2.24) is 5.32 Å². The van der Waals surface area contributed by atoms with Gasteiger partial charge in [-0.05, 0) is 24.6 Å². The number of carbonyl (C=O) groups excluding carboxylic acids is 1. The van der Waals surface area contributed by atoms with Gasteiger partial charge < -0.3 is 15.2 Å². The number of carboxylic acids is 1. The Kier molecular flexibility index (Phi) is 3.50. The molecule has 0 spiro atoms. The van der Waals surface area contributed by atoms with E-state index in [0.29, 0.717) is 13.2 Å². The highest BCUT2D eigenvalue weighted by atomic mass is 16.5. The molecule has 2 rings (SSSR count). The standard InChI is InChI=1S/C13H15NO4/c1-2-18-9-5-3-8(4-6-9)10-7-14-12(15)11(10)13(16)17/h3-6,10-11H,2,7H2,1H3,(H,14,15)(H,16,17)/t10-,11+/m1/s1. The molecule has 18 heavy (non-hydrogen) atoms. The van der Waals surface area contributed by atoms with Crippen molar-refractivity contribution in [2.45, 2.75) is 12.8 Å². The summed E-state index contributed by atoms with van der Waals surface area (Å²) in [5.74, 6) is -2.07. The van der Waals surface area contributed by atoms with E-state index in [1.807, 2.05) is 19.1 Å². The SMILES string of the molecule is CCOc1ccc([C@H]2CNC(=O)[C@H]2C(=O)O)cc1. The lowest BCUT2D eigenvalue weighted by Crippen LogP contribution is -2.26. The van der Waals surface area contributed by atoms with Crippen molar-refractivity contribution < 1.29 is 19.4 Å². The summed E-state index contributed by atoms with van der Waals surface area (Å²) in [6.07, 6.45) is 0. The van der Waals surface area contributed by atoms with Crippen molar-refractivity contribution >= 4 is 11.9 Å². The molecule has 1 fully saturated rings. The van der Waals surface area contributed by atoms with Gasteiger partial charge in [-0.3, -0.25) is 9.59 Å². The van der Waals surface area contributed by atoms with Crippen LogP contribution < -0.4 is 10.1 Å². The molecule has 96 valence electrons. The van der Waals surface area contributed by atoms with Crippen LogP contribution in [0.3, 0.4) is 0 Å². The molecule has 0 saturated carbocycles. The third-order valence-electron chi connectivity index (χ3n) is 3.07. The van der Waals surface area contributed by atoms with Gasteiger partial charge >= 0.3 is 5.97 Å². The number of aliphatic carboxylic acids is 1. The first kappa shape index (κ1) is 12.4. The summed E-state index contributed by atoms with van der Waals surface area (Å²) in [5.41, 5.74) is 0.837. The molecule has 0 radical (unpaired) electrons. The molecule has 2 atom stereocenters. The molecule has 0 aliphatic carbocycles. The average Bonchev–Trinajstić information content (AvgIpc) is 2.73. The van der Waals surface area contributed by atoms with Crippen LogP contribution in [0.2, 0.25) is 0 Å². The first-order valence-corrected chi connectivity index (χ1v) is 5.86. The van der Waals surface area contributed by atoms with Crippen molar-refractivity contribution in [3.05, 3.63) is 29.8 Å². The van der Waals surface area contributed by atoms with Crippen LogP contribution in [-0.2, 0) is 9.59 Å². The van der Waals surface area contributed by atoms with E-state index in [0.717, 1.165) is 11.3 Å². The summed E-state index contributed by atoms with van der Waals surface area (Å²) in [6, 6.07) is 7.21. The Hall–Kier alpha value is -2.04. The molecular formula is C13H15NO4. The minimum absolute atomic E-state index is 0.314. The van der Waals surface area contributed by atoms with Crippen LogP contribution in [0.15, 0.2) is 24.3 Å². The van der Waals surface area contributed by atoms with Gasteiger partial charge in [0, 0.05) is 12.5 Å². The maximum atomic E-state index is 11.5. The van der Waals surface area contributed by atoms with Gasteiger partial charge in [-0.25, -0.2) is 0 Å². The Balaban J connectivity index is 2.20. The van der Waals surface area contributed by atoms with E-state index in [4.69, 9.17) is 9.84 Å². The highest BCUT2D eigenvalue weighted by Gasteiger charge is 2.40. The second-order valence-electron chi connectivity index (χ2n) is 4.17. The fourth-order valence-electron chi connectivity index (χ4n) is 2.19. The van der Waals surface area contributed by atoms with E-state index >= 15 is 0 Å². The second kappa shape index (κ2) is 5.08. The number of amides is 1. The first-order valence-electron chi connectivity index (χ1n) is 5.86. The number of hydrogen-bond acceptors (Lipinski definition) is 3. The predicted octanol–water partition coefficient (Wildman–Crippen LogP) is 0.999. The third kappa shape index (κ3) is 2.30. The summed E-state index contributed by atoms with van der Waals surface area (Å²) in [7, 11) is 0. The van der Waals surface area contributed by atoms with Crippen molar-refractivity contribution in [3.63, 3.8) is 0 Å². The molecule has 1 saturated heterocycles. The van der Waals surface area contributed by atoms with Crippen LogP contribution >= 0.6 is 0 Å². The van der Waals surface area contributed by atoms with Crippen molar-refractivity contribution in [2.24, 2.45) is 5.92 Å². The number of benzene rings is 1. The van der Waals surface area contributed by atoms with E-state index in [-0.39, 0.29) is 5.92 Å². The Bertz CT molecular complexity index is 455. The number of ether oxygens (including phenoxy) is 1. The van der Waals surface area contributed by atoms with E-state index < -0.39 is 17.8 Å². The fraction of sp³-hybridized carbons (Fsp3) is 0.385. The smallest absolute Gasteiger partial charge is 0.316 e. The second-order valence-corrected chi connectivity index (χ2v) is 4.17. The van der Waals surface area contributed by atoms with Crippen LogP contribution in [0, 0.1) is 5.92 Å². The Morgan fingerprint density at radius 3 is 2.67 bits per heavy atom. The van der Waals surface area contributed by atoms with Crippen LogP contribution in [-0.4, -0.2) is 30.1 Å². The van der Waals surface area contributed by atoms with Gasteiger partial charge in [-0.15, -0.1) is 0 Å².